The van der Waals surface area contributed by atoms with Gasteiger partial charge in [0.25, 0.3) is 5.56 Å². The Kier molecular flexibility index (Phi) is 8.58. The highest BCUT2D eigenvalue weighted by molar-refractivity contribution is 5.87. The molecule has 0 amide bonds. The number of halogens is 3. The van der Waals surface area contributed by atoms with Gasteiger partial charge >= 0.3 is 12.1 Å². The van der Waals surface area contributed by atoms with E-state index >= 15 is 0 Å². The summed E-state index contributed by atoms with van der Waals surface area (Å²) in [5.74, 6) is -0.431. The Balaban J connectivity index is 1.75. The standard InChI is InChI=1S/C33H27F3N2O3/c1-4-41-31(39)16-8-23-6-10-24(11-7-23)25-12-14-26(15-13-25)30-18-29(33(34,35)36)28(19-37)32(40)38(30)20-27-9-5-21(2)17-22(27)3/h5-18H,4,20H2,1-3H3/b16-8+. The Bertz CT molecular complexity index is 1710. The van der Waals surface area contributed by atoms with Gasteiger partial charge in [0.2, 0.25) is 0 Å². The second-order valence-corrected chi connectivity index (χ2v) is 9.53. The highest BCUT2D eigenvalue weighted by Crippen LogP contribution is 2.34. The molecule has 0 unspecified atom stereocenters. The Morgan fingerprint density at radius 3 is 2.12 bits per heavy atom. The average molecular weight is 557 g/mol. The first-order valence-corrected chi connectivity index (χ1v) is 12.9. The molecule has 1 heterocycles. The molecule has 4 aromatic rings. The molecule has 0 N–H and O–H groups in total. The number of nitrogens with zero attached hydrogens (tertiary/aromatic N) is 2. The second-order valence-electron chi connectivity index (χ2n) is 9.53. The largest absolute Gasteiger partial charge is 0.463 e. The molecule has 0 bridgehead atoms. The molecule has 8 heteroatoms. The number of aryl methyl sites for hydroxylation is 2. The Morgan fingerprint density at radius 2 is 1.56 bits per heavy atom. The molecule has 41 heavy (non-hydrogen) atoms. The fourth-order valence-corrected chi connectivity index (χ4v) is 4.54. The van der Waals surface area contributed by atoms with Crippen molar-refractivity contribution in [2.75, 3.05) is 6.61 Å². The lowest BCUT2D eigenvalue weighted by Crippen LogP contribution is -2.29. The van der Waals surface area contributed by atoms with Crippen molar-refractivity contribution in [2.45, 2.75) is 33.5 Å². The number of alkyl halides is 3. The lowest BCUT2D eigenvalue weighted by atomic mass is 9.99. The van der Waals surface area contributed by atoms with Crippen LogP contribution in [0, 0.1) is 25.2 Å². The van der Waals surface area contributed by atoms with Crippen molar-refractivity contribution < 1.29 is 22.7 Å². The molecule has 3 aromatic carbocycles. The van der Waals surface area contributed by atoms with E-state index in [0.717, 1.165) is 39.4 Å². The SMILES string of the molecule is CCOC(=O)/C=C/c1ccc(-c2ccc(-c3cc(C(F)(F)F)c(C#N)c(=O)n3Cc3ccc(C)cc3C)cc2)cc1. The van der Waals surface area contributed by atoms with E-state index in [9.17, 15) is 28.0 Å². The molecular formula is C33H27F3N2O3. The number of pyridine rings is 1. The van der Waals surface area contributed by atoms with Gasteiger partial charge in [-0.25, -0.2) is 4.79 Å². The number of hydrogen-bond acceptors (Lipinski definition) is 4. The minimum Gasteiger partial charge on any atom is -0.463 e. The number of carbonyl (C=O) groups is 1. The summed E-state index contributed by atoms with van der Waals surface area (Å²) in [6.45, 7) is 5.83. The second kappa shape index (κ2) is 12.1. The van der Waals surface area contributed by atoms with Gasteiger partial charge in [-0.3, -0.25) is 4.79 Å². The van der Waals surface area contributed by atoms with Crippen LogP contribution >= 0.6 is 0 Å². The van der Waals surface area contributed by atoms with E-state index < -0.39 is 28.8 Å². The van der Waals surface area contributed by atoms with Gasteiger partial charge in [-0.2, -0.15) is 18.4 Å². The van der Waals surface area contributed by atoms with Crippen LogP contribution in [0.4, 0.5) is 13.2 Å². The van der Waals surface area contributed by atoms with Crippen LogP contribution in [-0.2, 0) is 22.3 Å². The van der Waals surface area contributed by atoms with E-state index in [1.807, 2.05) is 56.3 Å². The summed E-state index contributed by atoms with van der Waals surface area (Å²) in [7, 11) is 0. The van der Waals surface area contributed by atoms with Crippen molar-refractivity contribution in [3.63, 3.8) is 0 Å². The monoisotopic (exact) mass is 556 g/mol. The molecule has 0 saturated carbocycles. The predicted molar refractivity (Wildman–Crippen MR) is 152 cm³/mol. The Hall–Kier alpha value is -4.90. The van der Waals surface area contributed by atoms with E-state index in [4.69, 9.17) is 4.74 Å². The van der Waals surface area contributed by atoms with Gasteiger partial charge in [-0.15, -0.1) is 0 Å². The van der Waals surface area contributed by atoms with Crippen LogP contribution in [-0.4, -0.2) is 17.1 Å². The third kappa shape index (κ3) is 6.64. The number of rotatable bonds is 7. The van der Waals surface area contributed by atoms with Crippen molar-refractivity contribution in [3.05, 3.63) is 123 Å². The van der Waals surface area contributed by atoms with E-state index in [1.165, 1.54) is 16.7 Å². The predicted octanol–water partition coefficient (Wildman–Crippen LogP) is 7.31. The van der Waals surface area contributed by atoms with Gasteiger partial charge in [0.05, 0.1) is 24.4 Å². The summed E-state index contributed by atoms with van der Waals surface area (Å²) >= 11 is 0. The molecule has 0 aliphatic rings. The summed E-state index contributed by atoms with van der Waals surface area (Å²) < 4.78 is 47.8. The third-order valence-corrected chi connectivity index (χ3v) is 6.67. The van der Waals surface area contributed by atoms with Gasteiger partial charge in [0, 0.05) is 6.08 Å². The molecule has 4 rings (SSSR count). The topological polar surface area (TPSA) is 72.1 Å². The van der Waals surface area contributed by atoms with E-state index in [2.05, 4.69) is 0 Å². The van der Waals surface area contributed by atoms with Crippen molar-refractivity contribution >= 4 is 12.0 Å². The van der Waals surface area contributed by atoms with Crippen LogP contribution in [0.1, 0.15) is 40.3 Å². The maximum atomic E-state index is 13.9. The van der Waals surface area contributed by atoms with E-state index in [0.29, 0.717) is 12.2 Å². The molecule has 0 aliphatic carbocycles. The van der Waals surface area contributed by atoms with Gasteiger partial charge in [0.1, 0.15) is 11.6 Å². The zero-order valence-electron chi connectivity index (χ0n) is 22.8. The van der Waals surface area contributed by atoms with Crippen LogP contribution in [0.25, 0.3) is 28.5 Å². The molecular weight excluding hydrogens is 529 g/mol. The quantitative estimate of drug-likeness (QED) is 0.177. The molecule has 0 aliphatic heterocycles. The van der Waals surface area contributed by atoms with Crippen LogP contribution in [0.2, 0.25) is 0 Å². The molecule has 0 spiro atoms. The fourth-order valence-electron chi connectivity index (χ4n) is 4.54. The van der Waals surface area contributed by atoms with Crippen LogP contribution in [0.15, 0.2) is 83.7 Å². The summed E-state index contributed by atoms with van der Waals surface area (Å²) in [4.78, 5) is 24.8. The normalized spacial score (nSPS) is 11.4. The minimum atomic E-state index is -4.87. The van der Waals surface area contributed by atoms with Crippen LogP contribution in [0.5, 0.6) is 0 Å². The molecule has 0 fully saturated rings. The van der Waals surface area contributed by atoms with Gasteiger partial charge in [0.15, 0.2) is 0 Å². The lowest BCUT2D eigenvalue weighted by Gasteiger charge is -2.19. The number of esters is 1. The zero-order valence-corrected chi connectivity index (χ0v) is 22.8. The van der Waals surface area contributed by atoms with Crippen molar-refractivity contribution in [1.82, 2.24) is 4.57 Å². The molecule has 0 atom stereocenters. The summed E-state index contributed by atoms with van der Waals surface area (Å²) in [5.41, 5.74) is 2.41. The first kappa shape index (κ1) is 29.1. The molecule has 1 aromatic heterocycles. The third-order valence-electron chi connectivity index (χ3n) is 6.67. The molecule has 5 nitrogen and oxygen atoms in total. The van der Waals surface area contributed by atoms with Crippen molar-refractivity contribution in [3.8, 4) is 28.5 Å². The number of ether oxygens (including phenoxy) is 1. The summed E-state index contributed by atoms with van der Waals surface area (Å²) in [6, 6.07) is 22.2. The highest BCUT2D eigenvalue weighted by atomic mass is 19.4. The number of nitriles is 1. The fraction of sp³-hybridized carbons (Fsp3) is 0.182. The van der Waals surface area contributed by atoms with Crippen LogP contribution < -0.4 is 5.56 Å². The zero-order chi connectivity index (χ0) is 29.7. The first-order chi connectivity index (χ1) is 19.5. The first-order valence-electron chi connectivity index (χ1n) is 12.9. The smallest absolute Gasteiger partial charge is 0.417 e. The minimum absolute atomic E-state index is 0.00955. The molecule has 208 valence electrons. The Labute approximate surface area is 235 Å². The van der Waals surface area contributed by atoms with Crippen LogP contribution in [0.3, 0.4) is 0 Å². The van der Waals surface area contributed by atoms with E-state index in [-0.39, 0.29) is 12.2 Å². The summed E-state index contributed by atoms with van der Waals surface area (Å²) in [5, 5.41) is 9.48. The number of hydrogen-bond donors (Lipinski definition) is 0. The maximum Gasteiger partial charge on any atom is 0.417 e. The Morgan fingerprint density at radius 1 is 0.951 bits per heavy atom. The highest BCUT2D eigenvalue weighted by Gasteiger charge is 2.36. The van der Waals surface area contributed by atoms with Gasteiger partial charge in [-0.1, -0.05) is 72.3 Å². The maximum absolute atomic E-state index is 13.9. The lowest BCUT2D eigenvalue weighted by molar-refractivity contribution is -0.138. The van der Waals surface area contributed by atoms with E-state index in [1.54, 1.807) is 37.3 Å². The van der Waals surface area contributed by atoms with Crippen molar-refractivity contribution in [2.24, 2.45) is 0 Å². The number of benzene rings is 3. The molecule has 0 saturated heterocycles. The molecule has 0 radical (unpaired) electrons. The van der Waals surface area contributed by atoms with Gasteiger partial charge < -0.3 is 9.30 Å². The average Bonchev–Trinajstić information content (AvgIpc) is 2.94. The van der Waals surface area contributed by atoms with Crippen molar-refractivity contribution in [1.29, 1.82) is 5.26 Å². The number of aromatic nitrogens is 1. The number of carbonyl (C=O) groups excluding carboxylic acids is 1. The summed E-state index contributed by atoms with van der Waals surface area (Å²) in [6.07, 6.45) is -1.89. The van der Waals surface area contributed by atoms with Gasteiger partial charge in [-0.05, 0) is 66.3 Å².